The number of rotatable bonds is 6. The lowest BCUT2D eigenvalue weighted by atomic mass is 10.1. The Morgan fingerprint density at radius 2 is 1.83 bits per heavy atom. The highest BCUT2D eigenvalue weighted by Gasteiger charge is 2.12. The van der Waals surface area contributed by atoms with E-state index in [-0.39, 0.29) is 17.2 Å². The van der Waals surface area contributed by atoms with E-state index >= 15 is 0 Å². The summed E-state index contributed by atoms with van der Waals surface area (Å²) in [5.74, 6) is -0.913. The molecule has 0 spiro atoms. The second-order valence-electron chi connectivity index (χ2n) is 5.82. The van der Waals surface area contributed by atoms with Gasteiger partial charge < -0.3 is 5.11 Å². The molecule has 0 saturated carbocycles. The molecule has 0 aliphatic carbocycles. The molecule has 142 valence electrons. The minimum Gasteiger partial charge on any atom is -0.478 e. The lowest BCUT2D eigenvalue weighted by Gasteiger charge is -2.05. The number of carboxylic acids is 1. The first-order chi connectivity index (χ1) is 14.1. The van der Waals surface area contributed by atoms with Crippen LogP contribution in [0.2, 0.25) is 0 Å². The fraction of sp³-hybridized carbons (Fsp3) is 0. The van der Waals surface area contributed by atoms with Crippen LogP contribution in [-0.2, 0) is 4.79 Å². The van der Waals surface area contributed by atoms with E-state index in [0.29, 0.717) is 5.56 Å². The van der Waals surface area contributed by atoms with Crippen LogP contribution in [0.25, 0.3) is 17.3 Å². The van der Waals surface area contributed by atoms with Crippen LogP contribution in [0.1, 0.15) is 16.7 Å². The molecule has 3 N–H and O–H groups in total. The molecule has 3 rings (SSSR count). The Hall–Kier alpha value is -4.51. The lowest BCUT2D eigenvalue weighted by molar-refractivity contribution is -0.131. The van der Waals surface area contributed by atoms with Crippen LogP contribution in [-0.4, -0.2) is 27.3 Å². The zero-order valence-electron chi connectivity index (χ0n) is 15.0. The van der Waals surface area contributed by atoms with Gasteiger partial charge in [-0.15, -0.1) is 0 Å². The Balaban J connectivity index is 1.79. The topological polar surface area (TPSA) is 131 Å². The van der Waals surface area contributed by atoms with Gasteiger partial charge in [0.25, 0.3) is 5.56 Å². The largest absolute Gasteiger partial charge is 0.478 e. The quantitative estimate of drug-likeness (QED) is 0.340. The van der Waals surface area contributed by atoms with Gasteiger partial charge in [0.15, 0.2) is 0 Å². The fourth-order valence-corrected chi connectivity index (χ4v) is 2.46. The Bertz CT molecular complexity index is 1170. The van der Waals surface area contributed by atoms with Crippen molar-refractivity contribution in [2.75, 3.05) is 5.43 Å². The van der Waals surface area contributed by atoms with Gasteiger partial charge in [0.1, 0.15) is 11.6 Å². The molecular weight excluding hydrogens is 370 g/mol. The van der Waals surface area contributed by atoms with Gasteiger partial charge in [0, 0.05) is 11.6 Å². The molecule has 0 atom stereocenters. The molecule has 8 heteroatoms. The Labute approximate surface area is 165 Å². The maximum absolute atomic E-state index is 12.2. The standard InChI is InChI=1S/C21H15N5O3/c22-12-17-19(16-4-2-1-3-5-16)24-21(25-20(17)29)26-23-13-15-8-6-14(7-9-15)10-11-18(27)28/h1-11,13H,(H,27,28)(H2,24,25,26,29). The van der Waals surface area contributed by atoms with Gasteiger partial charge in [-0.25, -0.2) is 15.2 Å². The van der Waals surface area contributed by atoms with E-state index in [1.54, 1.807) is 48.5 Å². The van der Waals surface area contributed by atoms with Crippen molar-refractivity contribution in [3.05, 3.63) is 87.7 Å². The van der Waals surface area contributed by atoms with Crippen molar-refractivity contribution in [3.8, 4) is 17.3 Å². The number of nitrogens with zero attached hydrogens (tertiary/aromatic N) is 3. The molecule has 2 aromatic carbocycles. The van der Waals surface area contributed by atoms with E-state index in [1.807, 2.05) is 12.1 Å². The minimum absolute atomic E-state index is 0.0734. The predicted molar refractivity (Wildman–Crippen MR) is 109 cm³/mol. The molecule has 0 aliphatic rings. The van der Waals surface area contributed by atoms with Crippen molar-refractivity contribution >= 4 is 24.2 Å². The summed E-state index contributed by atoms with van der Waals surface area (Å²) < 4.78 is 0. The van der Waals surface area contributed by atoms with E-state index in [1.165, 1.54) is 12.3 Å². The summed E-state index contributed by atoms with van der Waals surface area (Å²) >= 11 is 0. The third kappa shape index (κ3) is 5.02. The van der Waals surface area contributed by atoms with Crippen LogP contribution in [0.4, 0.5) is 5.95 Å². The van der Waals surface area contributed by atoms with E-state index in [2.05, 4.69) is 20.5 Å². The number of aromatic nitrogens is 2. The number of nitrogens with one attached hydrogen (secondary N) is 2. The highest BCUT2D eigenvalue weighted by atomic mass is 16.4. The molecule has 0 bridgehead atoms. The van der Waals surface area contributed by atoms with Crippen LogP contribution < -0.4 is 11.0 Å². The normalized spacial score (nSPS) is 10.9. The number of aromatic amines is 1. The third-order valence-corrected chi connectivity index (χ3v) is 3.82. The van der Waals surface area contributed by atoms with Crippen molar-refractivity contribution in [1.29, 1.82) is 5.26 Å². The second kappa shape index (κ2) is 8.92. The number of hydrogen-bond donors (Lipinski definition) is 3. The number of carbonyl (C=O) groups is 1. The van der Waals surface area contributed by atoms with Gasteiger partial charge in [0.05, 0.1) is 11.9 Å². The van der Waals surface area contributed by atoms with E-state index in [0.717, 1.165) is 17.2 Å². The molecule has 0 saturated heterocycles. The Morgan fingerprint density at radius 1 is 1.14 bits per heavy atom. The number of H-pyrrole nitrogens is 1. The molecule has 0 amide bonds. The molecule has 0 aliphatic heterocycles. The number of nitriles is 1. The molecule has 0 radical (unpaired) electrons. The smallest absolute Gasteiger partial charge is 0.328 e. The summed E-state index contributed by atoms with van der Waals surface area (Å²) in [5, 5.41) is 21.9. The first-order valence-electron chi connectivity index (χ1n) is 8.47. The summed E-state index contributed by atoms with van der Waals surface area (Å²) in [7, 11) is 0. The Morgan fingerprint density at radius 3 is 2.48 bits per heavy atom. The summed E-state index contributed by atoms with van der Waals surface area (Å²) in [4.78, 5) is 29.5. The lowest BCUT2D eigenvalue weighted by Crippen LogP contribution is -2.16. The summed E-state index contributed by atoms with van der Waals surface area (Å²) in [6.07, 6.45) is 4.06. The highest BCUT2D eigenvalue weighted by molar-refractivity contribution is 5.86. The molecule has 29 heavy (non-hydrogen) atoms. The number of hydrogen-bond acceptors (Lipinski definition) is 6. The monoisotopic (exact) mass is 385 g/mol. The zero-order chi connectivity index (χ0) is 20.6. The fourth-order valence-electron chi connectivity index (χ4n) is 2.46. The number of benzene rings is 2. The van der Waals surface area contributed by atoms with Crippen molar-refractivity contribution in [3.63, 3.8) is 0 Å². The first kappa shape index (κ1) is 19.3. The van der Waals surface area contributed by atoms with Gasteiger partial charge in [-0.05, 0) is 17.2 Å². The number of hydrazone groups is 1. The van der Waals surface area contributed by atoms with Gasteiger partial charge >= 0.3 is 5.97 Å². The molecule has 3 aromatic rings. The van der Waals surface area contributed by atoms with E-state index in [9.17, 15) is 14.9 Å². The van der Waals surface area contributed by atoms with Crippen LogP contribution in [0.5, 0.6) is 0 Å². The van der Waals surface area contributed by atoms with Crippen LogP contribution in [0.15, 0.2) is 70.6 Å². The molecule has 1 aromatic heterocycles. The van der Waals surface area contributed by atoms with Crippen LogP contribution in [0, 0.1) is 11.3 Å². The second-order valence-corrected chi connectivity index (χ2v) is 5.82. The SMILES string of the molecule is N#Cc1c(-c2ccccc2)nc(NN=Cc2ccc(C=CC(=O)O)cc2)[nH]c1=O. The van der Waals surface area contributed by atoms with Crippen LogP contribution in [0.3, 0.4) is 0 Å². The van der Waals surface area contributed by atoms with Crippen LogP contribution >= 0.6 is 0 Å². The first-order valence-corrected chi connectivity index (χ1v) is 8.47. The zero-order valence-corrected chi connectivity index (χ0v) is 15.0. The van der Waals surface area contributed by atoms with Gasteiger partial charge in [-0.3, -0.25) is 9.78 Å². The summed E-state index contributed by atoms with van der Waals surface area (Å²) in [6, 6.07) is 17.8. The number of carboxylic acid groups (broad SMARTS) is 1. The minimum atomic E-state index is -1.02. The van der Waals surface area contributed by atoms with Crippen molar-refractivity contribution in [2.45, 2.75) is 0 Å². The van der Waals surface area contributed by atoms with E-state index in [4.69, 9.17) is 5.11 Å². The summed E-state index contributed by atoms with van der Waals surface area (Å²) in [5.41, 5.74) is 4.42. The molecular formula is C21H15N5O3. The molecule has 0 fully saturated rings. The van der Waals surface area contributed by atoms with Gasteiger partial charge in [0.2, 0.25) is 5.95 Å². The molecule has 0 unspecified atom stereocenters. The third-order valence-electron chi connectivity index (χ3n) is 3.82. The van der Waals surface area contributed by atoms with Gasteiger partial charge in [-0.1, -0.05) is 54.6 Å². The maximum Gasteiger partial charge on any atom is 0.328 e. The Kier molecular flexibility index (Phi) is 5.93. The maximum atomic E-state index is 12.2. The van der Waals surface area contributed by atoms with Crippen molar-refractivity contribution < 1.29 is 9.90 Å². The van der Waals surface area contributed by atoms with Crippen molar-refractivity contribution in [1.82, 2.24) is 9.97 Å². The average molecular weight is 385 g/mol. The number of anilines is 1. The number of aliphatic carboxylic acids is 1. The van der Waals surface area contributed by atoms with Crippen molar-refractivity contribution in [2.24, 2.45) is 5.10 Å². The average Bonchev–Trinajstić information content (AvgIpc) is 2.73. The molecule has 8 nitrogen and oxygen atoms in total. The highest BCUT2D eigenvalue weighted by Crippen LogP contribution is 2.19. The van der Waals surface area contributed by atoms with E-state index < -0.39 is 11.5 Å². The molecule has 1 heterocycles. The summed E-state index contributed by atoms with van der Waals surface area (Å²) in [6.45, 7) is 0. The van der Waals surface area contributed by atoms with Gasteiger partial charge in [-0.2, -0.15) is 10.4 Å². The predicted octanol–water partition coefficient (Wildman–Crippen LogP) is 2.85.